The Bertz CT molecular complexity index is 1750. The Morgan fingerprint density at radius 3 is 1.97 bits per heavy atom. The quantitative estimate of drug-likeness (QED) is 0.255. The summed E-state index contributed by atoms with van der Waals surface area (Å²) in [6.07, 6.45) is 0. The monoisotopic (exact) mass is 458 g/mol. The maximum absolute atomic E-state index is 5.74. The molecule has 0 spiro atoms. The van der Waals surface area contributed by atoms with Crippen molar-refractivity contribution in [3.8, 4) is 28.6 Å². The molecule has 4 heteroatoms. The van der Waals surface area contributed by atoms with E-state index in [0.717, 1.165) is 44.8 Å². The van der Waals surface area contributed by atoms with Gasteiger partial charge in [-0.3, -0.25) is 4.57 Å². The summed E-state index contributed by atoms with van der Waals surface area (Å²) in [5, 5.41) is 4.73. The lowest BCUT2D eigenvalue weighted by Crippen LogP contribution is -2.02. The van der Waals surface area contributed by atoms with Crippen LogP contribution in [0.1, 0.15) is 11.1 Å². The van der Waals surface area contributed by atoms with Gasteiger partial charge >= 0.3 is 0 Å². The molecule has 6 rings (SSSR count). The third-order valence-corrected chi connectivity index (χ3v) is 6.83. The van der Waals surface area contributed by atoms with E-state index in [9.17, 15) is 0 Å². The van der Waals surface area contributed by atoms with Crippen LogP contribution in [0, 0.1) is 13.8 Å². The fourth-order valence-electron chi connectivity index (χ4n) is 5.23. The molecule has 6 aromatic rings. The summed E-state index contributed by atoms with van der Waals surface area (Å²) in [4.78, 5) is 5.32. The molecule has 0 saturated carbocycles. The molecule has 0 fully saturated rings. The maximum atomic E-state index is 5.74. The summed E-state index contributed by atoms with van der Waals surface area (Å²) in [6, 6.07) is 29.7. The van der Waals surface area contributed by atoms with Crippen molar-refractivity contribution in [3.63, 3.8) is 0 Å². The topological polar surface area (TPSA) is 36.3 Å². The Morgan fingerprint density at radius 2 is 1.29 bits per heavy atom. The first-order valence-corrected chi connectivity index (χ1v) is 11.7. The first-order chi connectivity index (χ1) is 17.1. The molecule has 0 atom stereocenters. The largest absolute Gasteiger partial charge is 0.493 e. The normalized spacial score (nSPS) is 11.4. The van der Waals surface area contributed by atoms with Gasteiger partial charge in [-0.1, -0.05) is 72.8 Å². The zero-order valence-electron chi connectivity index (χ0n) is 20.3. The average molecular weight is 459 g/mol. The van der Waals surface area contributed by atoms with E-state index >= 15 is 0 Å². The zero-order chi connectivity index (χ0) is 24.1. The van der Waals surface area contributed by atoms with Gasteiger partial charge in [0, 0.05) is 22.4 Å². The molecule has 35 heavy (non-hydrogen) atoms. The molecule has 0 aliphatic heterocycles. The summed E-state index contributed by atoms with van der Waals surface area (Å²) in [7, 11) is 3.35. The lowest BCUT2D eigenvalue weighted by Gasteiger charge is -2.17. The van der Waals surface area contributed by atoms with Crippen LogP contribution in [0.15, 0.2) is 84.9 Å². The molecule has 1 aromatic heterocycles. The number of benzene rings is 5. The summed E-state index contributed by atoms with van der Waals surface area (Å²) in [5.74, 6) is 2.35. The van der Waals surface area contributed by atoms with Crippen molar-refractivity contribution in [1.82, 2.24) is 9.55 Å². The van der Waals surface area contributed by atoms with Gasteiger partial charge in [0.15, 0.2) is 11.5 Å². The minimum Gasteiger partial charge on any atom is -0.493 e. The number of hydrogen-bond donors (Lipinski definition) is 0. The highest BCUT2D eigenvalue weighted by molar-refractivity contribution is 6.24. The van der Waals surface area contributed by atoms with Crippen LogP contribution in [0.25, 0.3) is 49.7 Å². The number of rotatable bonds is 4. The molecule has 0 bridgehead atoms. The van der Waals surface area contributed by atoms with Crippen LogP contribution >= 0.6 is 0 Å². The van der Waals surface area contributed by atoms with Gasteiger partial charge in [-0.15, -0.1) is 0 Å². The number of imidazole rings is 1. The van der Waals surface area contributed by atoms with E-state index in [4.69, 9.17) is 14.5 Å². The van der Waals surface area contributed by atoms with E-state index in [1.54, 1.807) is 14.2 Å². The van der Waals surface area contributed by atoms with E-state index in [1.807, 2.05) is 13.0 Å². The second-order valence-corrected chi connectivity index (χ2v) is 8.87. The third kappa shape index (κ3) is 3.17. The molecule has 5 aromatic carbocycles. The van der Waals surface area contributed by atoms with Crippen LogP contribution in [0.5, 0.6) is 11.5 Å². The van der Waals surface area contributed by atoms with Crippen LogP contribution < -0.4 is 9.47 Å². The van der Waals surface area contributed by atoms with E-state index in [0.29, 0.717) is 5.75 Å². The van der Waals surface area contributed by atoms with Crippen molar-refractivity contribution >= 4 is 32.6 Å². The number of fused-ring (bicyclic) bond motifs is 6. The predicted molar refractivity (Wildman–Crippen MR) is 144 cm³/mol. The summed E-state index contributed by atoms with van der Waals surface area (Å²) in [5.41, 5.74) is 6.35. The lowest BCUT2D eigenvalue weighted by atomic mass is 10.00. The van der Waals surface area contributed by atoms with Gasteiger partial charge in [0.1, 0.15) is 5.82 Å². The van der Waals surface area contributed by atoms with Gasteiger partial charge < -0.3 is 9.47 Å². The lowest BCUT2D eigenvalue weighted by molar-refractivity contribution is 0.353. The van der Waals surface area contributed by atoms with E-state index in [1.165, 1.54) is 21.7 Å². The predicted octanol–water partition coefficient (Wildman–Crippen LogP) is 7.63. The second-order valence-electron chi connectivity index (χ2n) is 8.87. The van der Waals surface area contributed by atoms with E-state index < -0.39 is 0 Å². The second kappa shape index (κ2) is 8.17. The van der Waals surface area contributed by atoms with Gasteiger partial charge in [-0.2, -0.15) is 0 Å². The minimum absolute atomic E-state index is 0.699. The molecule has 0 aliphatic carbocycles. The Hall–Kier alpha value is -4.31. The van der Waals surface area contributed by atoms with Gasteiger partial charge in [0.2, 0.25) is 0 Å². The van der Waals surface area contributed by atoms with Crippen molar-refractivity contribution in [1.29, 1.82) is 0 Å². The fraction of sp³-hybridized carbons (Fsp3) is 0.129. The zero-order valence-corrected chi connectivity index (χ0v) is 20.3. The number of aryl methyl sites for hydroxylation is 2. The highest BCUT2D eigenvalue weighted by Crippen LogP contribution is 2.41. The van der Waals surface area contributed by atoms with Gasteiger partial charge in [0.05, 0.1) is 30.9 Å². The van der Waals surface area contributed by atoms with Crippen LogP contribution in [-0.2, 0) is 0 Å². The Kier molecular flexibility index (Phi) is 4.96. The van der Waals surface area contributed by atoms with Crippen LogP contribution in [0.2, 0.25) is 0 Å². The molecule has 172 valence electrons. The van der Waals surface area contributed by atoms with E-state index in [-0.39, 0.29) is 0 Å². The molecule has 0 saturated heterocycles. The van der Waals surface area contributed by atoms with Gasteiger partial charge in [-0.25, -0.2) is 4.98 Å². The minimum atomic E-state index is 0.699. The maximum Gasteiger partial charge on any atom is 0.163 e. The Morgan fingerprint density at radius 1 is 0.657 bits per heavy atom. The standard InChI is InChI=1S/C31H26N2O2/c1-19-11-5-6-12-22(19)31-32-28-25-15-9-7-13-23(25)24-14-8-10-16-26(24)29(28)33(31)21-17-20(2)30(35-4)27(18-21)34-3/h5-18H,1-4H3. The van der Waals surface area contributed by atoms with Gasteiger partial charge in [0.25, 0.3) is 0 Å². The highest BCUT2D eigenvalue weighted by atomic mass is 16.5. The molecule has 4 nitrogen and oxygen atoms in total. The molecule has 0 aliphatic rings. The van der Waals surface area contributed by atoms with Crippen LogP contribution in [0.3, 0.4) is 0 Å². The summed E-state index contributed by atoms with van der Waals surface area (Å²) < 4.78 is 13.7. The average Bonchev–Trinajstić information content (AvgIpc) is 3.29. The molecule has 1 heterocycles. The summed E-state index contributed by atoms with van der Waals surface area (Å²) >= 11 is 0. The Labute approximate surface area is 204 Å². The number of ether oxygens (including phenoxy) is 2. The van der Waals surface area contributed by atoms with Crippen LogP contribution in [0.4, 0.5) is 0 Å². The number of methoxy groups -OCH3 is 2. The SMILES string of the molecule is COc1cc(-n2c(-c3ccccc3C)nc3c4ccccc4c4ccccc4c32)cc(C)c1OC. The van der Waals surface area contributed by atoms with Crippen molar-refractivity contribution in [2.75, 3.05) is 14.2 Å². The molecule has 0 N–H and O–H groups in total. The van der Waals surface area contributed by atoms with Crippen LogP contribution in [-0.4, -0.2) is 23.8 Å². The number of aromatic nitrogens is 2. The fourth-order valence-corrected chi connectivity index (χ4v) is 5.23. The van der Waals surface area contributed by atoms with Crippen molar-refractivity contribution in [2.45, 2.75) is 13.8 Å². The third-order valence-electron chi connectivity index (χ3n) is 6.83. The summed E-state index contributed by atoms with van der Waals surface area (Å²) in [6.45, 7) is 4.18. The molecule has 0 amide bonds. The van der Waals surface area contributed by atoms with Crippen molar-refractivity contribution < 1.29 is 9.47 Å². The molecular weight excluding hydrogens is 432 g/mol. The molecule has 0 unspecified atom stereocenters. The number of nitrogens with zero attached hydrogens (tertiary/aromatic N) is 2. The number of hydrogen-bond acceptors (Lipinski definition) is 3. The first-order valence-electron chi connectivity index (χ1n) is 11.7. The molecular formula is C31H26N2O2. The first kappa shape index (κ1) is 21.2. The Balaban J connectivity index is 1.86. The molecule has 0 radical (unpaired) electrons. The van der Waals surface area contributed by atoms with Crippen molar-refractivity contribution in [2.24, 2.45) is 0 Å². The van der Waals surface area contributed by atoms with Gasteiger partial charge in [-0.05, 0) is 41.8 Å². The van der Waals surface area contributed by atoms with E-state index in [2.05, 4.69) is 90.4 Å². The van der Waals surface area contributed by atoms with Crippen molar-refractivity contribution in [3.05, 3.63) is 96.1 Å². The smallest absolute Gasteiger partial charge is 0.163 e. The highest BCUT2D eigenvalue weighted by Gasteiger charge is 2.22.